The molecule has 0 aliphatic carbocycles. The summed E-state index contributed by atoms with van der Waals surface area (Å²) in [5.41, 5.74) is 1.65. The monoisotopic (exact) mass is 436 g/mol. The first kappa shape index (κ1) is 16.4. The first-order valence-electron chi connectivity index (χ1n) is 7.07. The summed E-state index contributed by atoms with van der Waals surface area (Å²) in [6.45, 7) is 1.42. The molecule has 1 amide bonds. The maximum absolute atomic E-state index is 12.1. The predicted molar refractivity (Wildman–Crippen MR) is 95.8 cm³/mol. The quantitative estimate of drug-likeness (QED) is 0.502. The molecule has 3 rings (SSSR count). The Balaban J connectivity index is 1.63. The molecule has 0 fully saturated rings. The number of aromatic nitrogens is 3. The summed E-state index contributed by atoms with van der Waals surface area (Å²) in [6, 6.07) is 10.6. The number of halogens is 1. The second-order valence-electron chi connectivity index (χ2n) is 5.00. The molecule has 0 aliphatic heterocycles. The summed E-state index contributed by atoms with van der Waals surface area (Å²) in [5, 5.41) is 10.6. The van der Waals surface area contributed by atoms with Crippen molar-refractivity contribution < 1.29 is 14.3 Å². The Bertz CT molecular complexity index is 923. The molecule has 0 aliphatic rings. The van der Waals surface area contributed by atoms with Crippen LogP contribution in [0.2, 0.25) is 0 Å². The number of para-hydroxylation sites is 1. The van der Waals surface area contributed by atoms with Gasteiger partial charge in [0.15, 0.2) is 12.3 Å². The van der Waals surface area contributed by atoms with E-state index in [1.54, 1.807) is 35.7 Å². The van der Waals surface area contributed by atoms with Crippen molar-refractivity contribution in [2.24, 2.45) is 0 Å². The van der Waals surface area contributed by atoms with E-state index >= 15 is 0 Å². The van der Waals surface area contributed by atoms with Gasteiger partial charge in [0.1, 0.15) is 5.82 Å². The number of rotatable bonds is 4. The zero-order chi connectivity index (χ0) is 17.1. The van der Waals surface area contributed by atoms with Crippen molar-refractivity contribution in [3.05, 3.63) is 57.6 Å². The third-order valence-electron chi connectivity index (χ3n) is 3.29. The van der Waals surface area contributed by atoms with E-state index in [-0.39, 0.29) is 6.61 Å². The van der Waals surface area contributed by atoms with Gasteiger partial charge < -0.3 is 10.1 Å². The number of carbonyl (C=O) groups excluding carboxylic acids is 2. The minimum Gasteiger partial charge on any atom is -0.452 e. The van der Waals surface area contributed by atoms with Gasteiger partial charge in [-0.05, 0) is 53.8 Å². The topological polar surface area (TPSA) is 85.6 Å². The summed E-state index contributed by atoms with van der Waals surface area (Å²) in [7, 11) is 0. The molecule has 0 unspecified atom stereocenters. The summed E-state index contributed by atoms with van der Waals surface area (Å²) >= 11 is 2.12. The number of ether oxygens (including phenoxy) is 1. The minimum atomic E-state index is -0.581. The SMILES string of the molecule is Cc1nnc2ccc(C(=O)OCC(=O)Nc3ccccc3I)cn12. The predicted octanol–water partition coefficient (Wildman–Crippen LogP) is 2.44. The molecule has 0 saturated heterocycles. The number of benzene rings is 1. The highest BCUT2D eigenvalue weighted by Crippen LogP contribution is 2.16. The smallest absolute Gasteiger partial charge is 0.340 e. The number of aryl methyl sites for hydroxylation is 1. The molecule has 3 aromatic rings. The molecule has 1 aromatic carbocycles. The van der Waals surface area contributed by atoms with Crippen molar-refractivity contribution in [1.82, 2.24) is 14.6 Å². The maximum Gasteiger partial charge on any atom is 0.340 e. The van der Waals surface area contributed by atoms with E-state index in [2.05, 4.69) is 38.1 Å². The van der Waals surface area contributed by atoms with Crippen molar-refractivity contribution in [1.29, 1.82) is 0 Å². The molecule has 0 bridgehead atoms. The van der Waals surface area contributed by atoms with E-state index < -0.39 is 11.9 Å². The first-order valence-corrected chi connectivity index (χ1v) is 8.15. The molecule has 0 atom stereocenters. The summed E-state index contributed by atoms with van der Waals surface area (Å²) in [6.07, 6.45) is 1.59. The molecule has 24 heavy (non-hydrogen) atoms. The maximum atomic E-state index is 12.1. The lowest BCUT2D eigenvalue weighted by Crippen LogP contribution is -2.21. The summed E-state index contributed by atoms with van der Waals surface area (Å²) < 4.78 is 7.65. The van der Waals surface area contributed by atoms with Gasteiger partial charge in [0.25, 0.3) is 5.91 Å². The second kappa shape index (κ2) is 6.95. The number of hydrogen-bond acceptors (Lipinski definition) is 5. The van der Waals surface area contributed by atoms with E-state index in [0.717, 1.165) is 3.57 Å². The number of nitrogens with zero attached hydrogens (tertiary/aromatic N) is 3. The summed E-state index contributed by atoms with van der Waals surface area (Å²) in [5.74, 6) is -0.312. The van der Waals surface area contributed by atoms with Gasteiger partial charge >= 0.3 is 5.97 Å². The normalized spacial score (nSPS) is 10.6. The lowest BCUT2D eigenvalue weighted by molar-refractivity contribution is -0.119. The van der Waals surface area contributed by atoms with Crippen LogP contribution < -0.4 is 5.32 Å². The molecule has 0 saturated carbocycles. The molecular weight excluding hydrogens is 423 g/mol. The van der Waals surface area contributed by atoms with E-state index in [1.165, 1.54) is 0 Å². The number of carbonyl (C=O) groups is 2. The van der Waals surface area contributed by atoms with Crippen LogP contribution in [-0.2, 0) is 9.53 Å². The molecule has 2 aromatic heterocycles. The van der Waals surface area contributed by atoms with Gasteiger partial charge in [0.05, 0.1) is 11.3 Å². The fraction of sp³-hybridized carbons (Fsp3) is 0.125. The third kappa shape index (κ3) is 3.53. The van der Waals surface area contributed by atoms with Crippen molar-refractivity contribution in [2.75, 3.05) is 11.9 Å². The van der Waals surface area contributed by atoms with E-state index in [1.807, 2.05) is 18.2 Å². The first-order chi connectivity index (χ1) is 11.5. The van der Waals surface area contributed by atoms with E-state index in [0.29, 0.717) is 22.7 Å². The highest BCUT2D eigenvalue weighted by molar-refractivity contribution is 14.1. The van der Waals surface area contributed by atoms with Crippen LogP contribution in [0.4, 0.5) is 5.69 Å². The van der Waals surface area contributed by atoms with Crippen LogP contribution in [-0.4, -0.2) is 33.1 Å². The zero-order valence-corrected chi connectivity index (χ0v) is 14.9. The number of esters is 1. The highest BCUT2D eigenvalue weighted by atomic mass is 127. The Morgan fingerprint density at radius 2 is 2.00 bits per heavy atom. The molecule has 1 N–H and O–H groups in total. The largest absolute Gasteiger partial charge is 0.452 e. The number of anilines is 1. The van der Waals surface area contributed by atoms with Crippen molar-refractivity contribution in [2.45, 2.75) is 6.92 Å². The van der Waals surface area contributed by atoms with E-state index in [4.69, 9.17) is 4.74 Å². The lowest BCUT2D eigenvalue weighted by Gasteiger charge is -2.08. The number of fused-ring (bicyclic) bond motifs is 1. The Morgan fingerprint density at radius 3 is 2.79 bits per heavy atom. The average molecular weight is 436 g/mol. The zero-order valence-electron chi connectivity index (χ0n) is 12.7. The van der Waals surface area contributed by atoms with Crippen molar-refractivity contribution >= 4 is 45.8 Å². The van der Waals surface area contributed by atoms with Crippen LogP contribution in [0.25, 0.3) is 5.65 Å². The summed E-state index contributed by atoms with van der Waals surface area (Å²) in [4.78, 5) is 24.0. The molecule has 122 valence electrons. The molecule has 7 nitrogen and oxygen atoms in total. The Hall–Kier alpha value is -2.49. The number of nitrogens with one attached hydrogen (secondary N) is 1. The van der Waals surface area contributed by atoms with Crippen LogP contribution in [0.1, 0.15) is 16.2 Å². The van der Waals surface area contributed by atoms with Crippen molar-refractivity contribution in [3.63, 3.8) is 0 Å². The van der Waals surface area contributed by atoms with Gasteiger partial charge in [-0.25, -0.2) is 4.79 Å². The van der Waals surface area contributed by atoms with Gasteiger partial charge in [-0.2, -0.15) is 0 Å². The van der Waals surface area contributed by atoms with Crippen molar-refractivity contribution in [3.8, 4) is 0 Å². The Kier molecular flexibility index (Phi) is 4.74. The number of hydrogen-bond donors (Lipinski definition) is 1. The van der Waals surface area contributed by atoms with Gasteiger partial charge in [-0.3, -0.25) is 9.20 Å². The molecule has 0 radical (unpaired) electrons. The van der Waals surface area contributed by atoms with Gasteiger partial charge in [0, 0.05) is 9.77 Å². The van der Waals surface area contributed by atoms with Crippen LogP contribution >= 0.6 is 22.6 Å². The van der Waals surface area contributed by atoms with Crippen LogP contribution in [0.15, 0.2) is 42.6 Å². The third-order valence-corrected chi connectivity index (χ3v) is 4.23. The molecule has 2 heterocycles. The molecule has 8 heteroatoms. The minimum absolute atomic E-state index is 0.326. The Labute approximate surface area is 151 Å². The number of amides is 1. The van der Waals surface area contributed by atoms with Crippen LogP contribution in [0.5, 0.6) is 0 Å². The second-order valence-corrected chi connectivity index (χ2v) is 6.16. The fourth-order valence-electron chi connectivity index (χ4n) is 2.09. The average Bonchev–Trinajstić information content (AvgIpc) is 2.95. The highest BCUT2D eigenvalue weighted by Gasteiger charge is 2.13. The van der Waals surface area contributed by atoms with Gasteiger partial charge in [-0.1, -0.05) is 12.1 Å². The van der Waals surface area contributed by atoms with E-state index in [9.17, 15) is 9.59 Å². The molecular formula is C16H13IN4O3. The lowest BCUT2D eigenvalue weighted by atomic mass is 10.3. The standard InChI is InChI=1S/C16H13IN4O3/c1-10-19-20-14-7-6-11(8-21(10)14)16(23)24-9-15(22)18-13-5-3-2-4-12(13)17/h2-8H,9H2,1H3,(H,18,22). The van der Waals surface area contributed by atoms with Crippen LogP contribution in [0.3, 0.4) is 0 Å². The Morgan fingerprint density at radius 1 is 1.21 bits per heavy atom. The van der Waals surface area contributed by atoms with Gasteiger partial charge in [0.2, 0.25) is 0 Å². The van der Waals surface area contributed by atoms with Gasteiger partial charge in [-0.15, -0.1) is 10.2 Å². The molecule has 0 spiro atoms. The fourth-order valence-corrected chi connectivity index (χ4v) is 2.61. The number of pyridine rings is 1. The van der Waals surface area contributed by atoms with Crippen LogP contribution in [0, 0.1) is 10.5 Å².